The zero-order valence-corrected chi connectivity index (χ0v) is 8.04. The number of hydrogen-bond donors (Lipinski definition) is 0. The van der Waals surface area contributed by atoms with E-state index >= 15 is 0 Å². The van der Waals surface area contributed by atoms with Crippen LogP contribution >= 0.6 is 11.8 Å². The molecule has 1 nitrogen and oxygen atoms in total. The second kappa shape index (κ2) is 4.38. The molecule has 0 radical (unpaired) electrons. The van der Waals surface area contributed by atoms with Gasteiger partial charge in [-0.1, -0.05) is 11.8 Å². The topological polar surface area (TPSA) is 23.8 Å². The van der Waals surface area contributed by atoms with E-state index in [0.29, 0.717) is 11.8 Å². The Kier molecular flexibility index (Phi) is 3.42. The quantitative estimate of drug-likeness (QED) is 0.709. The Hall–Kier alpha value is -1.15. The number of nitrogens with zero attached hydrogens (tertiary/aromatic N) is 1. The maximum absolute atomic E-state index is 12.9. The second-order valence-corrected chi connectivity index (χ2v) is 3.57. The first-order chi connectivity index (χ1) is 6.56. The van der Waals surface area contributed by atoms with Crippen molar-refractivity contribution in [3.05, 3.63) is 29.1 Å². The molecule has 5 heteroatoms. The Balaban J connectivity index is 3.16. The summed E-state index contributed by atoms with van der Waals surface area (Å²) in [5.74, 6) is -3.24. The van der Waals surface area contributed by atoms with Crippen LogP contribution in [-0.2, 0) is 0 Å². The Morgan fingerprint density at radius 3 is 2.57 bits per heavy atom. The Labute approximate surface area is 83.5 Å². The van der Waals surface area contributed by atoms with Gasteiger partial charge in [-0.3, -0.25) is 0 Å². The number of alkyl halides is 2. The Morgan fingerprint density at radius 2 is 2.07 bits per heavy atom. The van der Waals surface area contributed by atoms with Gasteiger partial charge in [0.1, 0.15) is 11.9 Å². The van der Waals surface area contributed by atoms with Crippen LogP contribution in [0.1, 0.15) is 11.1 Å². The van der Waals surface area contributed by atoms with Crippen molar-refractivity contribution in [2.45, 2.75) is 17.6 Å². The molecular weight excluding hydrogens is 211 g/mol. The molecule has 0 saturated heterocycles. The van der Waals surface area contributed by atoms with Crippen molar-refractivity contribution in [2.24, 2.45) is 0 Å². The summed E-state index contributed by atoms with van der Waals surface area (Å²) < 4.78 is 37.0. The Morgan fingerprint density at radius 1 is 1.43 bits per heavy atom. The molecule has 0 heterocycles. The molecule has 1 aromatic rings. The lowest BCUT2D eigenvalue weighted by Gasteiger charge is -2.06. The number of rotatable bonds is 2. The van der Waals surface area contributed by atoms with Gasteiger partial charge < -0.3 is 0 Å². The van der Waals surface area contributed by atoms with E-state index in [1.54, 1.807) is 6.07 Å². The molecule has 0 atom stereocenters. The lowest BCUT2D eigenvalue weighted by atomic mass is 10.1. The number of thioether (sulfide) groups is 1. The fourth-order valence-corrected chi connectivity index (χ4v) is 1.64. The van der Waals surface area contributed by atoms with E-state index in [0.717, 1.165) is 6.07 Å². The SMILES string of the molecule is Cc1c(SC(F)F)ccc(F)c1C#N. The van der Waals surface area contributed by atoms with Gasteiger partial charge in [-0.2, -0.15) is 14.0 Å². The lowest BCUT2D eigenvalue weighted by Crippen LogP contribution is -1.93. The van der Waals surface area contributed by atoms with E-state index in [-0.39, 0.29) is 16.0 Å². The van der Waals surface area contributed by atoms with Crippen LogP contribution in [0.5, 0.6) is 0 Å². The molecule has 0 N–H and O–H groups in total. The first-order valence-electron chi connectivity index (χ1n) is 3.70. The van der Waals surface area contributed by atoms with Crippen LogP contribution in [0.2, 0.25) is 0 Å². The normalized spacial score (nSPS) is 10.3. The molecule has 0 aliphatic rings. The number of hydrogen-bond acceptors (Lipinski definition) is 2. The van der Waals surface area contributed by atoms with E-state index in [9.17, 15) is 13.2 Å². The maximum atomic E-state index is 12.9. The highest BCUT2D eigenvalue weighted by molar-refractivity contribution is 7.99. The van der Waals surface area contributed by atoms with E-state index in [1.165, 1.54) is 13.0 Å². The summed E-state index contributed by atoms with van der Waals surface area (Å²) in [5, 5.41) is 8.57. The van der Waals surface area contributed by atoms with Crippen molar-refractivity contribution in [3.63, 3.8) is 0 Å². The fraction of sp³-hybridized carbons (Fsp3) is 0.222. The first kappa shape index (κ1) is 10.9. The highest BCUT2D eigenvalue weighted by atomic mass is 32.2. The zero-order chi connectivity index (χ0) is 10.7. The molecule has 0 aliphatic heterocycles. The monoisotopic (exact) mass is 217 g/mol. The van der Waals surface area contributed by atoms with Crippen molar-refractivity contribution in [1.29, 1.82) is 5.26 Å². The smallest absolute Gasteiger partial charge is 0.206 e. The first-order valence-corrected chi connectivity index (χ1v) is 4.58. The highest BCUT2D eigenvalue weighted by Gasteiger charge is 2.13. The summed E-state index contributed by atoms with van der Waals surface area (Å²) in [4.78, 5) is 0.234. The maximum Gasteiger partial charge on any atom is 0.288 e. The summed E-state index contributed by atoms with van der Waals surface area (Å²) in [5.41, 5.74) is 0.0912. The van der Waals surface area contributed by atoms with Gasteiger partial charge in [0.05, 0.1) is 5.56 Å². The average molecular weight is 217 g/mol. The van der Waals surface area contributed by atoms with Crippen molar-refractivity contribution in [3.8, 4) is 6.07 Å². The van der Waals surface area contributed by atoms with Gasteiger partial charge in [-0.15, -0.1) is 0 Å². The van der Waals surface area contributed by atoms with Crippen molar-refractivity contribution in [1.82, 2.24) is 0 Å². The zero-order valence-electron chi connectivity index (χ0n) is 7.22. The van der Waals surface area contributed by atoms with Gasteiger partial charge in [-0.25, -0.2) is 4.39 Å². The van der Waals surface area contributed by atoms with Crippen LogP contribution in [-0.4, -0.2) is 5.76 Å². The minimum Gasteiger partial charge on any atom is -0.206 e. The third kappa shape index (κ3) is 2.20. The molecule has 0 spiro atoms. The molecule has 0 aliphatic carbocycles. The molecule has 0 aromatic heterocycles. The van der Waals surface area contributed by atoms with Crippen molar-refractivity contribution in [2.75, 3.05) is 0 Å². The summed E-state index contributed by atoms with van der Waals surface area (Å²) in [7, 11) is 0. The van der Waals surface area contributed by atoms with Crippen LogP contribution in [0.3, 0.4) is 0 Å². The standard InChI is InChI=1S/C9H6F3NS/c1-5-6(4-13)7(10)2-3-8(5)14-9(11)12/h2-3,9H,1H3. The second-order valence-electron chi connectivity index (χ2n) is 2.54. The predicted octanol–water partition coefficient (Wildman–Crippen LogP) is 3.32. The highest BCUT2D eigenvalue weighted by Crippen LogP contribution is 2.30. The number of halogens is 3. The minimum absolute atomic E-state index is 0.171. The molecule has 74 valence electrons. The molecule has 0 fully saturated rings. The van der Waals surface area contributed by atoms with E-state index in [4.69, 9.17) is 5.26 Å². The van der Waals surface area contributed by atoms with E-state index in [1.807, 2.05) is 0 Å². The summed E-state index contributed by atoms with van der Waals surface area (Å²) >= 11 is 0.312. The molecule has 14 heavy (non-hydrogen) atoms. The molecule has 1 aromatic carbocycles. The van der Waals surface area contributed by atoms with E-state index < -0.39 is 11.6 Å². The summed E-state index contributed by atoms with van der Waals surface area (Å²) in [6.45, 7) is 1.45. The van der Waals surface area contributed by atoms with Gasteiger partial charge in [-0.05, 0) is 24.6 Å². The molecule has 0 unspecified atom stereocenters. The van der Waals surface area contributed by atoms with Crippen molar-refractivity contribution >= 4 is 11.8 Å². The van der Waals surface area contributed by atoms with Gasteiger partial charge in [0.2, 0.25) is 0 Å². The molecule has 0 bridgehead atoms. The number of benzene rings is 1. The summed E-state index contributed by atoms with van der Waals surface area (Å²) in [6.07, 6.45) is 0. The van der Waals surface area contributed by atoms with Gasteiger partial charge in [0.15, 0.2) is 0 Å². The molecule has 0 amide bonds. The van der Waals surface area contributed by atoms with Gasteiger partial charge in [0.25, 0.3) is 5.76 Å². The van der Waals surface area contributed by atoms with Crippen LogP contribution in [0.4, 0.5) is 13.2 Å². The van der Waals surface area contributed by atoms with Crippen LogP contribution < -0.4 is 0 Å². The number of nitriles is 1. The average Bonchev–Trinajstić information content (AvgIpc) is 2.10. The summed E-state index contributed by atoms with van der Waals surface area (Å²) in [6, 6.07) is 3.92. The van der Waals surface area contributed by atoms with Crippen LogP contribution in [0.15, 0.2) is 17.0 Å². The van der Waals surface area contributed by atoms with Crippen molar-refractivity contribution < 1.29 is 13.2 Å². The minimum atomic E-state index is -2.56. The largest absolute Gasteiger partial charge is 0.288 e. The van der Waals surface area contributed by atoms with Gasteiger partial charge in [0, 0.05) is 4.90 Å². The van der Waals surface area contributed by atoms with Gasteiger partial charge >= 0.3 is 0 Å². The van der Waals surface area contributed by atoms with Crippen LogP contribution in [0, 0.1) is 24.1 Å². The molecule has 1 rings (SSSR count). The molecular formula is C9H6F3NS. The fourth-order valence-electron chi connectivity index (χ4n) is 1.02. The molecule has 0 saturated carbocycles. The van der Waals surface area contributed by atoms with Crippen LogP contribution in [0.25, 0.3) is 0 Å². The predicted molar refractivity (Wildman–Crippen MR) is 47.7 cm³/mol. The lowest BCUT2D eigenvalue weighted by molar-refractivity contribution is 0.252. The van der Waals surface area contributed by atoms with E-state index in [2.05, 4.69) is 0 Å². The third-order valence-corrected chi connectivity index (χ3v) is 2.57. The third-order valence-electron chi connectivity index (χ3n) is 1.69. The Bertz CT molecular complexity index is 384.